The van der Waals surface area contributed by atoms with Gasteiger partial charge in [0.25, 0.3) is 5.91 Å². The fourth-order valence-corrected chi connectivity index (χ4v) is 5.00. The van der Waals surface area contributed by atoms with Gasteiger partial charge in [-0.1, -0.05) is 0 Å². The van der Waals surface area contributed by atoms with E-state index in [0.717, 1.165) is 17.1 Å². The van der Waals surface area contributed by atoms with Gasteiger partial charge < -0.3 is 14.4 Å². The maximum absolute atomic E-state index is 12.9. The maximum atomic E-state index is 12.9. The van der Waals surface area contributed by atoms with E-state index in [1.54, 1.807) is 36.1 Å². The summed E-state index contributed by atoms with van der Waals surface area (Å²) in [6.45, 7) is 4.09. The number of nitrogens with zero attached hydrogens (tertiary/aromatic N) is 7. The first-order valence-electron chi connectivity index (χ1n) is 10.5. The minimum absolute atomic E-state index is 0.00169. The largest absolute Gasteiger partial charge is 0.338 e. The predicted octanol–water partition coefficient (Wildman–Crippen LogP) is 1.67. The summed E-state index contributed by atoms with van der Waals surface area (Å²) in [5, 5.41) is 4.29. The molecule has 0 aliphatic carbocycles. The second kappa shape index (κ2) is 7.33. The lowest BCUT2D eigenvalue weighted by Crippen LogP contribution is -2.59. The van der Waals surface area contributed by atoms with Crippen molar-refractivity contribution in [3.8, 4) is 11.3 Å². The zero-order valence-corrected chi connectivity index (χ0v) is 17.7. The lowest BCUT2D eigenvalue weighted by molar-refractivity contribution is -0.140. The lowest BCUT2D eigenvalue weighted by Gasteiger charge is -2.50. The van der Waals surface area contributed by atoms with E-state index < -0.39 is 5.54 Å². The predicted molar refractivity (Wildman–Crippen MR) is 113 cm³/mol. The number of carbonyl (C=O) groups excluding carboxylic acids is 2. The summed E-state index contributed by atoms with van der Waals surface area (Å²) < 4.78 is 4.00. The molecule has 0 bridgehead atoms. The number of likely N-dealkylation sites (tertiary alicyclic amines) is 1. The number of pyridine rings is 1. The number of aromatic nitrogens is 5. The molecule has 0 radical (unpaired) electrons. The number of imidazole rings is 1. The molecule has 0 unspecified atom stereocenters. The van der Waals surface area contributed by atoms with Crippen molar-refractivity contribution in [3.63, 3.8) is 0 Å². The zero-order chi connectivity index (χ0) is 21.6. The molecule has 9 heteroatoms. The van der Waals surface area contributed by atoms with Crippen molar-refractivity contribution >= 4 is 11.8 Å². The number of hydrogen-bond acceptors (Lipinski definition) is 5. The standard InChI is InChI=1S/C22H25N7O2/c1-16(30)29-12-11-28-19(18-13-25-26(2)15-18)14-24-21(28)22(29)5-9-27(10-6-22)20(31)17-3-7-23-8-4-17/h3-4,7-8,13-15H,5-6,9-12H2,1-2H3. The van der Waals surface area contributed by atoms with Crippen LogP contribution in [0.25, 0.3) is 11.3 Å². The second-order valence-corrected chi connectivity index (χ2v) is 8.25. The summed E-state index contributed by atoms with van der Waals surface area (Å²) >= 11 is 0. The SMILES string of the molecule is CC(=O)N1CCn2c(-c3cnn(C)c3)cnc2C12CCN(C(=O)c1ccncc1)CC2. The zero-order valence-electron chi connectivity index (χ0n) is 17.7. The fourth-order valence-electron chi connectivity index (χ4n) is 5.00. The van der Waals surface area contributed by atoms with Gasteiger partial charge in [-0.05, 0) is 25.0 Å². The molecule has 0 atom stereocenters. The number of amides is 2. The Bertz CT molecular complexity index is 1130. The molecule has 0 N–H and O–H groups in total. The molecule has 1 spiro atoms. The number of hydrogen-bond donors (Lipinski definition) is 0. The second-order valence-electron chi connectivity index (χ2n) is 8.25. The van der Waals surface area contributed by atoms with Crippen LogP contribution >= 0.6 is 0 Å². The van der Waals surface area contributed by atoms with Crippen molar-refractivity contribution in [3.05, 3.63) is 54.5 Å². The Morgan fingerprint density at radius 2 is 1.77 bits per heavy atom. The molecule has 3 aromatic heterocycles. The minimum atomic E-state index is -0.500. The molecule has 1 fully saturated rings. The Morgan fingerprint density at radius 1 is 1.03 bits per heavy atom. The first-order chi connectivity index (χ1) is 15.0. The van der Waals surface area contributed by atoms with Crippen molar-refractivity contribution < 1.29 is 9.59 Å². The topological polar surface area (TPSA) is 89.2 Å². The molecule has 31 heavy (non-hydrogen) atoms. The average Bonchev–Trinajstić information content (AvgIpc) is 3.41. The first-order valence-corrected chi connectivity index (χ1v) is 10.5. The Morgan fingerprint density at radius 3 is 2.42 bits per heavy atom. The highest BCUT2D eigenvalue weighted by Crippen LogP contribution is 2.42. The van der Waals surface area contributed by atoms with E-state index in [1.165, 1.54) is 0 Å². The number of piperidine rings is 1. The quantitative estimate of drug-likeness (QED) is 0.630. The van der Waals surface area contributed by atoms with Crippen LogP contribution in [0.1, 0.15) is 35.9 Å². The molecule has 0 saturated carbocycles. The number of carbonyl (C=O) groups is 2. The third-order valence-corrected chi connectivity index (χ3v) is 6.52. The summed E-state index contributed by atoms with van der Waals surface area (Å²) in [6, 6.07) is 3.48. The molecule has 9 nitrogen and oxygen atoms in total. The molecule has 5 heterocycles. The van der Waals surface area contributed by atoms with Crippen molar-refractivity contribution in [2.45, 2.75) is 31.8 Å². The van der Waals surface area contributed by atoms with E-state index in [2.05, 4.69) is 14.6 Å². The van der Waals surface area contributed by atoms with E-state index in [-0.39, 0.29) is 11.8 Å². The number of rotatable bonds is 2. The van der Waals surface area contributed by atoms with Crippen molar-refractivity contribution in [2.24, 2.45) is 7.05 Å². The lowest BCUT2D eigenvalue weighted by atomic mass is 9.82. The smallest absolute Gasteiger partial charge is 0.253 e. The van der Waals surface area contributed by atoms with Gasteiger partial charge >= 0.3 is 0 Å². The molecule has 2 aliphatic rings. The van der Waals surface area contributed by atoms with Crippen LogP contribution in [0.5, 0.6) is 0 Å². The third-order valence-electron chi connectivity index (χ3n) is 6.52. The summed E-state index contributed by atoms with van der Waals surface area (Å²) in [5.41, 5.74) is 2.16. The van der Waals surface area contributed by atoms with Crippen LogP contribution in [0.15, 0.2) is 43.1 Å². The number of fused-ring (bicyclic) bond motifs is 2. The van der Waals surface area contributed by atoms with Gasteiger partial charge in [-0.15, -0.1) is 0 Å². The Labute approximate surface area is 180 Å². The monoisotopic (exact) mass is 419 g/mol. The highest BCUT2D eigenvalue weighted by atomic mass is 16.2. The molecule has 2 amide bonds. The van der Waals surface area contributed by atoms with Crippen molar-refractivity contribution in [1.82, 2.24) is 34.1 Å². The maximum Gasteiger partial charge on any atom is 0.253 e. The van der Waals surface area contributed by atoms with E-state index >= 15 is 0 Å². The average molecular weight is 419 g/mol. The van der Waals surface area contributed by atoms with E-state index in [9.17, 15) is 9.59 Å². The molecular weight excluding hydrogens is 394 g/mol. The highest BCUT2D eigenvalue weighted by molar-refractivity contribution is 5.94. The summed E-state index contributed by atoms with van der Waals surface area (Å²) in [4.78, 5) is 38.1. The van der Waals surface area contributed by atoms with Crippen LogP contribution < -0.4 is 0 Å². The van der Waals surface area contributed by atoms with Gasteiger partial charge in [-0.2, -0.15) is 5.10 Å². The molecule has 1 saturated heterocycles. The van der Waals surface area contributed by atoms with Gasteiger partial charge in [-0.3, -0.25) is 19.3 Å². The van der Waals surface area contributed by atoms with E-state index in [0.29, 0.717) is 44.6 Å². The van der Waals surface area contributed by atoms with E-state index in [4.69, 9.17) is 4.98 Å². The molecule has 3 aromatic rings. The van der Waals surface area contributed by atoms with Crippen LogP contribution in [0.3, 0.4) is 0 Å². The van der Waals surface area contributed by atoms with Crippen LogP contribution in [0, 0.1) is 0 Å². The van der Waals surface area contributed by atoms with Crippen molar-refractivity contribution in [1.29, 1.82) is 0 Å². The summed E-state index contributed by atoms with van der Waals surface area (Å²) in [5.74, 6) is 0.955. The Hall–Kier alpha value is -3.49. The Balaban J connectivity index is 1.47. The minimum Gasteiger partial charge on any atom is -0.338 e. The van der Waals surface area contributed by atoms with Gasteiger partial charge in [-0.25, -0.2) is 4.98 Å². The van der Waals surface area contributed by atoms with E-state index in [1.807, 2.05) is 35.4 Å². The first kappa shape index (κ1) is 19.5. The third kappa shape index (κ3) is 3.11. The Kier molecular flexibility index (Phi) is 4.60. The highest BCUT2D eigenvalue weighted by Gasteiger charge is 2.49. The molecular formula is C22H25N7O2. The van der Waals surface area contributed by atoms with Crippen LogP contribution in [-0.4, -0.2) is 65.6 Å². The van der Waals surface area contributed by atoms with Gasteiger partial charge in [0, 0.05) is 69.9 Å². The van der Waals surface area contributed by atoms with Gasteiger partial charge in [0.1, 0.15) is 11.4 Å². The van der Waals surface area contributed by atoms with Crippen LogP contribution in [0.4, 0.5) is 0 Å². The van der Waals surface area contributed by atoms with Gasteiger partial charge in [0.15, 0.2) is 0 Å². The summed E-state index contributed by atoms with van der Waals surface area (Å²) in [7, 11) is 1.89. The molecule has 160 valence electrons. The fraction of sp³-hybridized carbons (Fsp3) is 0.409. The number of aryl methyl sites for hydroxylation is 1. The molecule has 2 aliphatic heterocycles. The normalized spacial score (nSPS) is 17.6. The van der Waals surface area contributed by atoms with Gasteiger partial charge in [0.05, 0.1) is 18.1 Å². The van der Waals surface area contributed by atoms with Crippen molar-refractivity contribution in [2.75, 3.05) is 19.6 Å². The van der Waals surface area contributed by atoms with Gasteiger partial charge in [0.2, 0.25) is 5.91 Å². The van der Waals surface area contributed by atoms with Crippen LogP contribution in [-0.2, 0) is 23.9 Å². The molecule has 5 rings (SSSR count). The van der Waals surface area contributed by atoms with Crippen LogP contribution in [0.2, 0.25) is 0 Å². The summed E-state index contributed by atoms with van der Waals surface area (Å²) in [6.07, 6.45) is 10.3. The molecule has 0 aromatic carbocycles.